The molecule has 0 spiro atoms. The van der Waals surface area contributed by atoms with Gasteiger partial charge in [0.1, 0.15) is 11.5 Å². The number of esters is 1. The zero-order chi connectivity index (χ0) is 14.3. The lowest BCUT2D eigenvalue weighted by Gasteiger charge is -2.25. The van der Waals surface area contributed by atoms with Crippen molar-refractivity contribution in [1.82, 2.24) is 9.97 Å². The Labute approximate surface area is 118 Å². The number of nitrogens with one attached hydrogen (secondary N) is 1. The van der Waals surface area contributed by atoms with Gasteiger partial charge in [-0.25, -0.2) is 9.78 Å². The quantitative estimate of drug-likeness (QED) is 0.854. The topological polar surface area (TPSA) is 55.0 Å². The highest BCUT2D eigenvalue weighted by molar-refractivity contribution is 5.86. The molecule has 20 heavy (non-hydrogen) atoms. The molecule has 1 aromatic heterocycles. The number of fused-ring (bicyclic) bond motifs is 1. The van der Waals surface area contributed by atoms with Crippen molar-refractivity contribution in [3.63, 3.8) is 0 Å². The third kappa shape index (κ3) is 1.92. The smallest absolute Gasteiger partial charge is 0.356 e. The standard InChI is InChI=1S/C16H18N2O2/c1-16(2)8-10-6-4-5-7-11(10)13(16)14-17-9-12(18-14)15(19)20-3/h4-7,9,13H,8H2,1-3H3,(H,17,18). The Morgan fingerprint density at radius 2 is 2.15 bits per heavy atom. The average molecular weight is 270 g/mol. The molecule has 0 saturated carbocycles. The minimum absolute atomic E-state index is 0.0783. The van der Waals surface area contributed by atoms with Gasteiger partial charge in [-0.1, -0.05) is 38.1 Å². The number of rotatable bonds is 2. The zero-order valence-electron chi connectivity index (χ0n) is 11.9. The Bertz CT molecular complexity index is 658. The fraction of sp³-hybridized carbons (Fsp3) is 0.375. The van der Waals surface area contributed by atoms with Gasteiger partial charge in [-0.2, -0.15) is 0 Å². The molecule has 0 saturated heterocycles. The maximum Gasteiger partial charge on any atom is 0.356 e. The van der Waals surface area contributed by atoms with Gasteiger partial charge in [0.25, 0.3) is 0 Å². The predicted molar refractivity (Wildman–Crippen MR) is 75.7 cm³/mol. The van der Waals surface area contributed by atoms with E-state index in [-0.39, 0.29) is 17.3 Å². The lowest BCUT2D eigenvalue weighted by atomic mass is 9.79. The summed E-state index contributed by atoms with van der Waals surface area (Å²) in [6.07, 6.45) is 2.57. The van der Waals surface area contributed by atoms with Gasteiger partial charge >= 0.3 is 5.97 Å². The number of aromatic amines is 1. The molecule has 1 atom stereocenters. The minimum Gasteiger partial charge on any atom is -0.464 e. The second-order valence-corrected chi connectivity index (χ2v) is 5.97. The molecule has 1 aliphatic rings. The van der Waals surface area contributed by atoms with E-state index < -0.39 is 0 Å². The van der Waals surface area contributed by atoms with Crippen LogP contribution < -0.4 is 0 Å². The van der Waals surface area contributed by atoms with Gasteiger partial charge in [-0.3, -0.25) is 0 Å². The van der Waals surface area contributed by atoms with Gasteiger partial charge in [0.2, 0.25) is 0 Å². The molecule has 4 nitrogen and oxygen atoms in total. The van der Waals surface area contributed by atoms with Crippen molar-refractivity contribution in [3.8, 4) is 0 Å². The molecule has 0 amide bonds. The molecular formula is C16H18N2O2. The van der Waals surface area contributed by atoms with Crippen LogP contribution in [0.2, 0.25) is 0 Å². The molecule has 4 heteroatoms. The Morgan fingerprint density at radius 1 is 1.40 bits per heavy atom. The van der Waals surface area contributed by atoms with Crippen LogP contribution in [0, 0.1) is 5.41 Å². The van der Waals surface area contributed by atoms with Crippen molar-refractivity contribution in [2.45, 2.75) is 26.2 Å². The van der Waals surface area contributed by atoms with Crippen LogP contribution in [0.1, 0.15) is 47.2 Å². The van der Waals surface area contributed by atoms with E-state index in [1.165, 1.54) is 18.2 Å². The Morgan fingerprint density at radius 3 is 2.90 bits per heavy atom. The van der Waals surface area contributed by atoms with E-state index in [9.17, 15) is 4.79 Å². The van der Waals surface area contributed by atoms with Crippen molar-refractivity contribution < 1.29 is 9.53 Å². The molecule has 0 aliphatic heterocycles. The molecule has 0 bridgehead atoms. The molecule has 3 rings (SSSR count). The maximum atomic E-state index is 11.6. The highest BCUT2D eigenvalue weighted by atomic mass is 16.5. The van der Waals surface area contributed by atoms with Crippen molar-refractivity contribution in [2.24, 2.45) is 5.41 Å². The predicted octanol–water partition coefficient (Wildman–Crippen LogP) is 2.91. The highest BCUT2D eigenvalue weighted by Crippen LogP contribution is 2.49. The first-order valence-electron chi connectivity index (χ1n) is 6.74. The summed E-state index contributed by atoms with van der Waals surface area (Å²) in [6, 6.07) is 8.44. The van der Waals surface area contributed by atoms with Crippen LogP contribution in [0.4, 0.5) is 0 Å². The number of nitrogens with zero attached hydrogens (tertiary/aromatic N) is 1. The molecule has 104 valence electrons. The van der Waals surface area contributed by atoms with Crippen LogP contribution >= 0.6 is 0 Å². The van der Waals surface area contributed by atoms with Crippen LogP contribution in [-0.4, -0.2) is 23.0 Å². The number of carbonyl (C=O) groups excluding carboxylic acids is 1. The molecule has 1 aliphatic carbocycles. The average Bonchev–Trinajstić information content (AvgIpc) is 2.97. The van der Waals surface area contributed by atoms with Gasteiger partial charge in [0, 0.05) is 5.92 Å². The third-order valence-electron chi connectivity index (χ3n) is 4.07. The second-order valence-electron chi connectivity index (χ2n) is 5.97. The summed E-state index contributed by atoms with van der Waals surface area (Å²) >= 11 is 0. The van der Waals surface area contributed by atoms with Gasteiger partial charge in [0.05, 0.1) is 13.3 Å². The fourth-order valence-corrected chi connectivity index (χ4v) is 3.21. The summed E-state index contributed by atoms with van der Waals surface area (Å²) in [5.74, 6) is 0.630. The Kier molecular flexibility index (Phi) is 2.89. The third-order valence-corrected chi connectivity index (χ3v) is 4.07. The van der Waals surface area contributed by atoms with Crippen LogP contribution in [0.15, 0.2) is 30.5 Å². The number of methoxy groups -OCH3 is 1. The number of benzene rings is 1. The SMILES string of the molecule is COC(=O)c1cnc(C2c3ccccc3CC2(C)C)[nH]1. The molecule has 0 fully saturated rings. The van der Waals surface area contributed by atoms with E-state index in [0.29, 0.717) is 5.69 Å². The summed E-state index contributed by atoms with van der Waals surface area (Å²) in [6.45, 7) is 4.47. The van der Waals surface area contributed by atoms with Crippen LogP contribution in [-0.2, 0) is 11.2 Å². The number of carbonyl (C=O) groups is 1. The summed E-state index contributed by atoms with van der Waals surface area (Å²) in [5, 5.41) is 0. The molecule has 0 radical (unpaired) electrons. The van der Waals surface area contributed by atoms with Crippen LogP contribution in [0.3, 0.4) is 0 Å². The van der Waals surface area contributed by atoms with Crippen LogP contribution in [0.25, 0.3) is 0 Å². The minimum atomic E-state index is -0.382. The van der Waals surface area contributed by atoms with Crippen molar-refractivity contribution in [3.05, 3.63) is 53.1 Å². The number of H-pyrrole nitrogens is 1. The first-order chi connectivity index (χ1) is 9.53. The van der Waals surface area contributed by atoms with E-state index in [1.54, 1.807) is 6.20 Å². The van der Waals surface area contributed by atoms with Gasteiger partial charge < -0.3 is 9.72 Å². The molecule has 1 N–H and O–H groups in total. The maximum absolute atomic E-state index is 11.6. The Hall–Kier alpha value is -2.10. The van der Waals surface area contributed by atoms with Crippen molar-refractivity contribution >= 4 is 5.97 Å². The van der Waals surface area contributed by atoms with E-state index in [0.717, 1.165) is 12.2 Å². The molecule has 1 unspecified atom stereocenters. The van der Waals surface area contributed by atoms with Crippen molar-refractivity contribution in [2.75, 3.05) is 7.11 Å². The molecule has 1 heterocycles. The van der Waals surface area contributed by atoms with Gasteiger partial charge in [-0.05, 0) is 23.0 Å². The first kappa shape index (κ1) is 12.9. The highest BCUT2D eigenvalue weighted by Gasteiger charge is 2.41. The number of aromatic nitrogens is 2. The first-order valence-corrected chi connectivity index (χ1v) is 6.74. The largest absolute Gasteiger partial charge is 0.464 e. The lowest BCUT2D eigenvalue weighted by Crippen LogP contribution is -2.20. The second kappa shape index (κ2) is 4.47. The van der Waals surface area contributed by atoms with Gasteiger partial charge in [0.15, 0.2) is 0 Å². The number of ether oxygens (including phenoxy) is 1. The van der Waals surface area contributed by atoms with E-state index in [1.807, 2.05) is 0 Å². The van der Waals surface area contributed by atoms with Gasteiger partial charge in [-0.15, -0.1) is 0 Å². The summed E-state index contributed by atoms with van der Waals surface area (Å²) < 4.78 is 4.72. The lowest BCUT2D eigenvalue weighted by molar-refractivity contribution is 0.0594. The van der Waals surface area contributed by atoms with Crippen molar-refractivity contribution in [1.29, 1.82) is 0 Å². The fourth-order valence-electron chi connectivity index (χ4n) is 3.21. The van der Waals surface area contributed by atoms with E-state index in [4.69, 9.17) is 4.74 Å². The summed E-state index contributed by atoms with van der Waals surface area (Å²) in [5.41, 5.74) is 3.14. The summed E-state index contributed by atoms with van der Waals surface area (Å²) in [7, 11) is 1.37. The van der Waals surface area contributed by atoms with E-state index in [2.05, 4.69) is 48.1 Å². The van der Waals surface area contributed by atoms with E-state index >= 15 is 0 Å². The number of hydrogen-bond donors (Lipinski definition) is 1. The number of hydrogen-bond acceptors (Lipinski definition) is 3. The molecule has 2 aromatic rings. The van der Waals surface area contributed by atoms with Crippen LogP contribution in [0.5, 0.6) is 0 Å². The summed E-state index contributed by atoms with van der Waals surface area (Å²) in [4.78, 5) is 19.1. The Balaban J connectivity index is 2.04. The normalized spacial score (nSPS) is 19.6. The molecule has 1 aromatic carbocycles. The molecular weight excluding hydrogens is 252 g/mol. The monoisotopic (exact) mass is 270 g/mol. The zero-order valence-corrected chi connectivity index (χ0v) is 11.9. The number of imidazole rings is 1.